The Balaban J connectivity index is 2.13. The van der Waals surface area contributed by atoms with Crippen LogP contribution in [0.4, 0.5) is 0 Å². The zero-order valence-corrected chi connectivity index (χ0v) is 12.1. The summed E-state index contributed by atoms with van der Waals surface area (Å²) < 4.78 is 0. The van der Waals surface area contributed by atoms with Gasteiger partial charge < -0.3 is 10.2 Å². The zero-order valence-electron chi connectivity index (χ0n) is 12.1. The number of hydrogen-bond acceptors (Lipinski definition) is 3. The minimum absolute atomic E-state index is 0.0944. The highest BCUT2D eigenvalue weighted by Crippen LogP contribution is 2.16. The van der Waals surface area contributed by atoms with Crippen LogP contribution >= 0.6 is 0 Å². The number of hydrogen-bond donors (Lipinski definition) is 1. The van der Waals surface area contributed by atoms with Gasteiger partial charge in [0, 0.05) is 18.8 Å². The molecule has 0 aliphatic carbocycles. The largest absolute Gasteiger partial charge is 0.339 e. The fourth-order valence-corrected chi connectivity index (χ4v) is 2.66. The topological polar surface area (TPSA) is 45.2 Å². The van der Waals surface area contributed by atoms with Gasteiger partial charge in [0.25, 0.3) is 5.91 Å². The molecule has 0 spiro atoms. The maximum Gasteiger partial charge on any atom is 0.255 e. The number of carbonyl (C=O) groups excluding carboxylic acids is 1. The highest BCUT2D eigenvalue weighted by Gasteiger charge is 2.23. The van der Waals surface area contributed by atoms with Crippen molar-refractivity contribution in [2.24, 2.45) is 0 Å². The lowest BCUT2D eigenvalue weighted by Crippen LogP contribution is -2.38. The van der Waals surface area contributed by atoms with Gasteiger partial charge in [0.15, 0.2) is 0 Å². The van der Waals surface area contributed by atoms with Crippen LogP contribution in [0.15, 0.2) is 12.1 Å². The molecule has 4 nitrogen and oxygen atoms in total. The number of rotatable bonds is 2. The predicted molar refractivity (Wildman–Crippen MR) is 76.3 cm³/mol. The van der Waals surface area contributed by atoms with Crippen LogP contribution in [0.5, 0.6) is 0 Å². The summed E-state index contributed by atoms with van der Waals surface area (Å²) in [6.45, 7) is 5.90. The Labute approximate surface area is 115 Å². The van der Waals surface area contributed by atoms with Crippen LogP contribution in [-0.2, 0) is 0 Å². The smallest absolute Gasteiger partial charge is 0.255 e. The first kappa shape index (κ1) is 14.0. The van der Waals surface area contributed by atoms with E-state index in [9.17, 15) is 4.79 Å². The van der Waals surface area contributed by atoms with E-state index in [0.29, 0.717) is 6.04 Å². The molecule has 1 aromatic rings. The molecule has 2 heterocycles. The Morgan fingerprint density at radius 1 is 1.32 bits per heavy atom. The van der Waals surface area contributed by atoms with Gasteiger partial charge >= 0.3 is 0 Å². The molecule has 1 unspecified atom stereocenters. The molecule has 1 aliphatic rings. The molecular weight excluding hydrogens is 238 g/mol. The van der Waals surface area contributed by atoms with Crippen LogP contribution < -0.4 is 5.32 Å². The van der Waals surface area contributed by atoms with E-state index in [-0.39, 0.29) is 5.91 Å². The van der Waals surface area contributed by atoms with Gasteiger partial charge in [-0.25, -0.2) is 0 Å². The molecule has 0 radical (unpaired) electrons. The molecule has 2 rings (SSSR count). The molecule has 19 heavy (non-hydrogen) atoms. The van der Waals surface area contributed by atoms with Crippen molar-refractivity contribution in [3.63, 3.8) is 0 Å². The summed E-state index contributed by atoms with van der Waals surface area (Å²) in [7, 11) is 1.91. The van der Waals surface area contributed by atoms with Crippen molar-refractivity contribution in [1.29, 1.82) is 0 Å². The second-order valence-electron chi connectivity index (χ2n) is 5.34. The zero-order chi connectivity index (χ0) is 13.8. The number of carbonyl (C=O) groups is 1. The minimum atomic E-state index is 0.0944. The molecule has 0 saturated carbocycles. The van der Waals surface area contributed by atoms with E-state index in [2.05, 4.69) is 10.3 Å². The molecule has 1 atom stereocenters. The lowest BCUT2D eigenvalue weighted by molar-refractivity contribution is 0.0719. The fraction of sp³-hybridized carbons (Fsp3) is 0.600. The Morgan fingerprint density at radius 3 is 2.84 bits per heavy atom. The summed E-state index contributed by atoms with van der Waals surface area (Å²) >= 11 is 0. The monoisotopic (exact) mass is 261 g/mol. The Kier molecular flexibility index (Phi) is 4.53. The van der Waals surface area contributed by atoms with Crippen molar-refractivity contribution >= 4 is 5.91 Å². The van der Waals surface area contributed by atoms with Crippen LogP contribution in [-0.4, -0.2) is 42.0 Å². The van der Waals surface area contributed by atoms with Crippen LogP contribution in [0.2, 0.25) is 0 Å². The highest BCUT2D eigenvalue weighted by atomic mass is 16.2. The SMILES string of the molecule is Cc1ccc(C(=O)N(C)C2CCCNCC2)c(C)n1. The summed E-state index contributed by atoms with van der Waals surface area (Å²) in [4.78, 5) is 18.8. The van der Waals surface area contributed by atoms with Crippen LogP contribution in [0.25, 0.3) is 0 Å². The first-order valence-corrected chi connectivity index (χ1v) is 7.01. The third kappa shape index (κ3) is 3.32. The van der Waals surface area contributed by atoms with Crippen LogP contribution in [0.1, 0.15) is 41.0 Å². The van der Waals surface area contributed by atoms with E-state index in [1.165, 1.54) is 0 Å². The van der Waals surface area contributed by atoms with Crippen molar-refractivity contribution in [1.82, 2.24) is 15.2 Å². The van der Waals surface area contributed by atoms with E-state index in [1.54, 1.807) is 0 Å². The number of aromatic nitrogens is 1. The minimum Gasteiger partial charge on any atom is -0.339 e. The van der Waals surface area contributed by atoms with Crippen molar-refractivity contribution in [2.45, 2.75) is 39.2 Å². The van der Waals surface area contributed by atoms with Gasteiger partial charge in [-0.05, 0) is 58.3 Å². The molecule has 0 aromatic carbocycles. The molecule has 1 amide bonds. The summed E-state index contributed by atoms with van der Waals surface area (Å²) in [5.41, 5.74) is 2.50. The molecule has 1 fully saturated rings. The van der Waals surface area contributed by atoms with Gasteiger partial charge in [-0.2, -0.15) is 0 Å². The Hall–Kier alpha value is -1.42. The van der Waals surface area contributed by atoms with Gasteiger partial charge in [-0.1, -0.05) is 0 Å². The van der Waals surface area contributed by atoms with E-state index in [0.717, 1.165) is 49.3 Å². The maximum absolute atomic E-state index is 12.6. The standard InChI is InChI=1S/C15H23N3O/c1-11-6-7-14(12(2)17-11)15(19)18(3)13-5-4-9-16-10-8-13/h6-7,13,16H,4-5,8-10H2,1-3H3. The lowest BCUT2D eigenvalue weighted by Gasteiger charge is -2.27. The number of nitrogens with zero attached hydrogens (tertiary/aromatic N) is 2. The number of amides is 1. The van der Waals surface area contributed by atoms with Gasteiger partial charge in [0.05, 0.1) is 11.3 Å². The third-order valence-corrected chi connectivity index (χ3v) is 3.87. The molecule has 0 bridgehead atoms. The van der Waals surface area contributed by atoms with Crippen molar-refractivity contribution in [2.75, 3.05) is 20.1 Å². The highest BCUT2D eigenvalue weighted by molar-refractivity contribution is 5.95. The van der Waals surface area contributed by atoms with Crippen molar-refractivity contribution < 1.29 is 4.79 Å². The second-order valence-corrected chi connectivity index (χ2v) is 5.34. The molecule has 4 heteroatoms. The van der Waals surface area contributed by atoms with E-state index in [4.69, 9.17) is 0 Å². The fourth-order valence-electron chi connectivity index (χ4n) is 2.66. The maximum atomic E-state index is 12.6. The van der Waals surface area contributed by atoms with E-state index < -0.39 is 0 Å². The molecule has 1 saturated heterocycles. The van der Waals surface area contributed by atoms with Crippen LogP contribution in [0.3, 0.4) is 0 Å². The van der Waals surface area contributed by atoms with Crippen LogP contribution in [0, 0.1) is 13.8 Å². The summed E-state index contributed by atoms with van der Waals surface area (Å²) in [6, 6.07) is 4.14. The summed E-state index contributed by atoms with van der Waals surface area (Å²) in [5.74, 6) is 0.0944. The molecular formula is C15H23N3O. The van der Waals surface area contributed by atoms with E-state index in [1.807, 2.05) is 37.9 Å². The number of nitrogens with one attached hydrogen (secondary N) is 1. The third-order valence-electron chi connectivity index (χ3n) is 3.87. The summed E-state index contributed by atoms with van der Waals surface area (Å²) in [5, 5.41) is 3.38. The quantitative estimate of drug-likeness (QED) is 0.884. The second kappa shape index (κ2) is 6.15. The van der Waals surface area contributed by atoms with Crippen molar-refractivity contribution in [3.05, 3.63) is 29.1 Å². The van der Waals surface area contributed by atoms with Gasteiger partial charge in [0.2, 0.25) is 0 Å². The first-order chi connectivity index (χ1) is 9.09. The molecule has 104 valence electrons. The first-order valence-electron chi connectivity index (χ1n) is 7.01. The number of aryl methyl sites for hydroxylation is 2. The van der Waals surface area contributed by atoms with Gasteiger partial charge in [-0.15, -0.1) is 0 Å². The summed E-state index contributed by atoms with van der Waals surface area (Å²) in [6.07, 6.45) is 3.24. The van der Waals surface area contributed by atoms with Crippen molar-refractivity contribution in [3.8, 4) is 0 Å². The average molecular weight is 261 g/mol. The Morgan fingerprint density at radius 2 is 2.11 bits per heavy atom. The Bertz CT molecular complexity index is 451. The average Bonchev–Trinajstić information content (AvgIpc) is 2.66. The number of pyridine rings is 1. The van der Waals surface area contributed by atoms with Gasteiger partial charge in [0.1, 0.15) is 0 Å². The lowest BCUT2D eigenvalue weighted by atomic mass is 10.1. The predicted octanol–water partition coefficient (Wildman–Crippen LogP) is 1.91. The molecule has 1 N–H and O–H groups in total. The van der Waals surface area contributed by atoms with E-state index >= 15 is 0 Å². The van der Waals surface area contributed by atoms with Gasteiger partial charge in [-0.3, -0.25) is 9.78 Å². The normalized spacial score (nSPS) is 19.8. The molecule has 1 aromatic heterocycles. The molecule has 1 aliphatic heterocycles.